The fourth-order valence-corrected chi connectivity index (χ4v) is 4.16. The average molecular weight is 318 g/mol. The van der Waals surface area contributed by atoms with Crippen molar-refractivity contribution in [1.29, 1.82) is 0 Å². The van der Waals surface area contributed by atoms with Crippen molar-refractivity contribution in [2.24, 2.45) is 23.7 Å². The number of carboxylic acids is 1. The molecule has 6 heteroatoms. The molecule has 0 unspecified atom stereocenters. The molecule has 1 aromatic rings. The number of carbonyl (C=O) groups is 3. The molecule has 1 saturated carbocycles. The van der Waals surface area contributed by atoms with E-state index in [-0.39, 0.29) is 51.8 Å². The lowest BCUT2D eigenvalue weighted by Crippen LogP contribution is -2.33. The van der Waals surface area contributed by atoms with Crippen LogP contribution in [0.4, 0.5) is 5.69 Å². The number of amides is 2. The highest BCUT2D eigenvalue weighted by Crippen LogP contribution is 2.53. The van der Waals surface area contributed by atoms with Crippen molar-refractivity contribution < 1.29 is 19.5 Å². The number of halogens is 1. The van der Waals surface area contributed by atoms with E-state index in [1.54, 1.807) is 0 Å². The zero-order valence-electron chi connectivity index (χ0n) is 11.4. The molecule has 0 spiro atoms. The zero-order valence-corrected chi connectivity index (χ0v) is 12.2. The highest BCUT2D eigenvalue weighted by atomic mass is 35.5. The van der Waals surface area contributed by atoms with Gasteiger partial charge in [0.25, 0.3) is 0 Å². The summed E-state index contributed by atoms with van der Waals surface area (Å²) in [5.41, 5.74) is 0.170. The first-order valence-corrected chi connectivity index (χ1v) is 7.46. The van der Waals surface area contributed by atoms with Gasteiger partial charge in [0.2, 0.25) is 11.8 Å². The molecule has 2 fully saturated rings. The van der Waals surface area contributed by atoms with Gasteiger partial charge >= 0.3 is 5.97 Å². The number of anilines is 1. The van der Waals surface area contributed by atoms with E-state index in [0.29, 0.717) is 0 Å². The van der Waals surface area contributed by atoms with E-state index in [4.69, 9.17) is 16.7 Å². The van der Waals surface area contributed by atoms with Crippen LogP contribution in [0.1, 0.15) is 16.8 Å². The minimum Gasteiger partial charge on any atom is -0.478 e. The second-order valence-corrected chi connectivity index (χ2v) is 6.39. The summed E-state index contributed by atoms with van der Waals surface area (Å²) in [5.74, 6) is -2.10. The molecule has 2 bridgehead atoms. The molecule has 3 aliphatic rings. The van der Waals surface area contributed by atoms with Crippen LogP contribution < -0.4 is 4.90 Å². The van der Waals surface area contributed by atoms with Crippen LogP contribution in [0.3, 0.4) is 0 Å². The molecule has 1 N–H and O–H groups in total. The molecular formula is C16H12ClNO4. The van der Waals surface area contributed by atoms with Crippen molar-refractivity contribution in [3.05, 3.63) is 40.9 Å². The predicted molar refractivity (Wildman–Crippen MR) is 78.6 cm³/mol. The Balaban J connectivity index is 1.79. The molecular weight excluding hydrogens is 306 g/mol. The van der Waals surface area contributed by atoms with Gasteiger partial charge in [-0.3, -0.25) is 9.59 Å². The molecule has 1 saturated heterocycles. The van der Waals surface area contributed by atoms with Crippen LogP contribution in [0.15, 0.2) is 30.4 Å². The van der Waals surface area contributed by atoms with Crippen molar-refractivity contribution in [2.75, 3.05) is 4.90 Å². The molecule has 1 aromatic carbocycles. The van der Waals surface area contributed by atoms with Gasteiger partial charge in [0.05, 0.1) is 28.1 Å². The summed E-state index contributed by atoms with van der Waals surface area (Å²) >= 11 is 6.10. The Labute approximate surface area is 131 Å². The van der Waals surface area contributed by atoms with Crippen molar-refractivity contribution in [1.82, 2.24) is 0 Å². The lowest BCUT2D eigenvalue weighted by Gasteiger charge is -2.19. The number of carbonyl (C=O) groups excluding carboxylic acids is 2. The summed E-state index contributed by atoms with van der Waals surface area (Å²) in [4.78, 5) is 37.6. The Bertz CT molecular complexity index is 727. The van der Waals surface area contributed by atoms with E-state index in [9.17, 15) is 14.4 Å². The molecule has 4 atom stereocenters. The van der Waals surface area contributed by atoms with E-state index in [2.05, 4.69) is 0 Å². The zero-order chi connectivity index (χ0) is 15.6. The topological polar surface area (TPSA) is 74.7 Å². The van der Waals surface area contributed by atoms with E-state index in [1.807, 2.05) is 12.2 Å². The Kier molecular flexibility index (Phi) is 2.72. The summed E-state index contributed by atoms with van der Waals surface area (Å²) in [6, 6.07) is 4.05. The van der Waals surface area contributed by atoms with Gasteiger partial charge in [-0.25, -0.2) is 9.69 Å². The maximum absolute atomic E-state index is 12.7. The number of hydrogen-bond donors (Lipinski definition) is 1. The van der Waals surface area contributed by atoms with Gasteiger partial charge in [0, 0.05) is 0 Å². The van der Waals surface area contributed by atoms with Gasteiger partial charge in [-0.05, 0) is 36.5 Å². The van der Waals surface area contributed by atoms with Gasteiger partial charge in [-0.2, -0.15) is 0 Å². The number of carboxylic acid groups (broad SMARTS) is 1. The van der Waals surface area contributed by atoms with E-state index in [1.165, 1.54) is 18.2 Å². The van der Waals surface area contributed by atoms with Gasteiger partial charge in [-0.15, -0.1) is 0 Å². The third-order valence-corrected chi connectivity index (χ3v) is 5.22. The summed E-state index contributed by atoms with van der Waals surface area (Å²) < 4.78 is 0. The lowest BCUT2D eigenvalue weighted by atomic mass is 9.85. The number of hydrogen-bond acceptors (Lipinski definition) is 3. The third-order valence-electron chi connectivity index (χ3n) is 4.90. The molecule has 5 nitrogen and oxygen atoms in total. The second kappa shape index (κ2) is 4.43. The first-order valence-electron chi connectivity index (χ1n) is 7.08. The minimum atomic E-state index is -1.13. The van der Waals surface area contributed by atoms with E-state index >= 15 is 0 Å². The highest BCUT2D eigenvalue weighted by molar-refractivity contribution is 6.36. The van der Waals surface area contributed by atoms with Crippen LogP contribution in [0.2, 0.25) is 5.02 Å². The molecule has 2 aliphatic carbocycles. The molecule has 0 radical (unpaired) electrons. The number of benzene rings is 1. The molecule has 22 heavy (non-hydrogen) atoms. The Hall–Kier alpha value is -2.14. The molecule has 0 aromatic heterocycles. The second-order valence-electron chi connectivity index (χ2n) is 5.98. The van der Waals surface area contributed by atoms with E-state index < -0.39 is 5.97 Å². The van der Waals surface area contributed by atoms with Crippen LogP contribution in [-0.4, -0.2) is 22.9 Å². The van der Waals surface area contributed by atoms with Gasteiger partial charge < -0.3 is 5.11 Å². The number of imide groups is 1. The number of nitrogens with zero attached hydrogens (tertiary/aromatic N) is 1. The first kappa shape index (κ1) is 13.5. The Morgan fingerprint density at radius 3 is 2.27 bits per heavy atom. The fourth-order valence-electron chi connectivity index (χ4n) is 3.96. The standard InChI is InChI=1S/C16H12ClNO4/c17-10-4-3-9(16(21)22)6-11(10)18-14(19)12-7-1-2-8(5-7)13(12)15(18)20/h1-4,6-8,12-13H,5H2,(H,21,22)/t7-,8-,12-,13+/m1/s1. The molecule has 1 heterocycles. The van der Waals surface area contributed by atoms with Crippen molar-refractivity contribution in [3.63, 3.8) is 0 Å². The fraction of sp³-hybridized carbons (Fsp3) is 0.312. The Morgan fingerprint density at radius 1 is 1.14 bits per heavy atom. The smallest absolute Gasteiger partial charge is 0.335 e. The summed E-state index contributed by atoms with van der Waals surface area (Å²) in [6.07, 6.45) is 4.87. The number of allylic oxidation sites excluding steroid dienone is 2. The van der Waals surface area contributed by atoms with Crippen LogP contribution in [-0.2, 0) is 9.59 Å². The summed E-state index contributed by atoms with van der Waals surface area (Å²) in [7, 11) is 0. The largest absolute Gasteiger partial charge is 0.478 e. The van der Waals surface area contributed by atoms with Crippen molar-refractivity contribution >= 4 is 35.1 Å². The maximum Gasteiger partial charge on any atom is 0.335 e. The van der Waals surface area contributed by atoms with Crippen LogP contribution >= 0.6 is 11.6 Å². The average Bonchev–Trinajstić information content (AvgIpc) is 3.14. The number of rotatable bonds is 2. The van der Waals surface area contributed by atoms with Gasteiger partial charge in [0.15, 0.2) is 0 Å². The molecule has 4 rings (SSSR count). The van der Waals surface area contributed by atoms with E-state index in [0.717, 1.165) is 11.3 Å². The van der Waals surface area contributed by atoms with Crippen LogP contribution in [0.5, 0.6) is 0 Å². The Morgan fingerprint density at radius 2 is 1.73 bits per heavy atom. The van der Waals surface area contributed by atoms with Crippen molar-refractivity contribution in [2.45, 2.75) is 6.42 Å². The molecule has 1 aliphatic heterocycles. The van der Waals surface area contributed by atoms with Gasteiger partial charge in [0.1, 0.15) is 0 Å². The lowest BCUT2D eigenvalue weighted by molar-refractivity contribution is -0.123. The summed E-state index contributed by atoms with van der Waals surface area (Å²) in [6.45, 7) is 0. The number of fused-ring (bicyclic) bond motifs is 5. The number of aromatic carboxylic acids is 1. The summed E-state index contributed by atoms with van der Waals surface area (Å²) in [5, 5.41) is 9.29. The highest BCUT2D eigenvalue weighted by Gasteiger charge is 2.59. The first-order chi connectivity index (χ1) is 10.5. The van der Waals surface area contributed by atoms with Crippen LogP contribution in [0, 0.1) is 23.7 Å². The SMILES string of the molecule is O=C(O)c1ccc(Cl)c(N2C(=O)[C@@H]3[C@H](C2=O)[C@@H]2C=C[C@@H]3C2)c1. The predicted octanol–water partition coefficient (Wildman–Crippen LogP) is 2.35. The van der Waals surface area contributed by atoms with Gasteiger partial charge in [-0.1, -0.05) is 23.8 Å². The normalized spacial score (nSPS) is 32.0. The third kappa shape index (κ3) is 1.63. The monoisotopic (exact) mass is 317 g/mol. The molecule has 2 amide bonds. The van der Waals surface area contributed by atoms with Crippen molar-refractivity contribution in [3.8, 4) is 0 Å². The van der Waals surface area contributed by atoms with Crippen LogP contribution in [0.25, 0.3) is 0 Å². The minimum absolute atomic E-state index is 0.00171. The molecule has 112 valence electrons. The quantitative estimate of drug-likeness (QED) is 0.671. The maximum atomic E-state index is 12.7.